The molecule has 1 amide bonds. The highest BCUT2D eigenvalue weighted by molar-refractivity contribution is 5.74. The first kappa shape index (κ1) is 14.6. The molecule has 1 aliphatic heterocycles. The zero-order valence-corrected chi connectivity index (χ0v) is 12.1. The quantitative estimate of drug-likeness (QED) is 0.790. The third-order valence-corrected chi connectivity index (χ3v) is 4.02. The summed E-state index contributed by atoms with van der Waals surface area (Å²) in [6, 6.07) is 7.77. The molecule has 108 valence electrons. The zero-order valence-electron chi connectivity index (χ0n) is 12.1. The van der Waals surface area contributed by atoms with Gasteiger partial charge in [-0.25, -0.2) is 0 Å². The maximum atomic E-state index is 11.6. The molecule has 0 bridgehead atoms. The van der Waals surface area contributed by atoms with Crippen LogP contribution < -0.4 is 4.74 Å². The number of likely N-dealkylation sites (tertiary alicyclic amines) is 1. The minimum absolute atomic E-state index is 0.0469. The third-order valence-electron chi connectivity index (χ3n) is 4.02. The summed E-state index contributed by atoms with van der Waals surface area (Å²) in [4.78, 5) is 24.9. The van der Waals surface area contributed by atoms with Gasteiger partial charge in [-0.2, -0.15) is 0 Å². The number of ether oxygens (including phenoxy) is 1. The van der Waals surface area contributed by atoms with Crippen molar-refractivity contribution in [1.29, 1.82) is 0 Å². The van der Waals surface area contributed by atoms with Crippen LogP contribution in [0.5, 0.6) is 5.75 Å². The molecule has 1 atom stereocenters. The molecule has 2 rings (SSSR count). The summed E-state index contributed by atoms with van der Waals surface area (Å²) in [5.74, 6) is 0.855. The molecule has 20 heavy (non-hydrogen) atoms. The van der Waals surface area contributed by atoms with E-state index in [-0.39, 0.29) is 5.91 Å². The number of carbonyl (C=O) groups excluding carboxylic acids is 2. The zero-order chi connectivity index (χ0) is 14.6. The first-order valence-corrected chi connectivity index (χ1v) is 6.93. The Morgan fingerprint density at radius 3 is 2.65 bits per heavy atom. The van der Waals surface area contributed by atoms with Gasteiger partial charge in [-0.15, -0.1) is 0 Å². The fraction of sp³-hybridized carbons (Fsp3) is 0.500. The molecule has 1 heterocycles. The normalized spacial score (nSPS) is 22.4. The van der Waals surface area contributed by atoms with Crippen LogP contribution in [0.15, 0.2) is 24.3 Å². The van der Waals surface area contributed by atoms with Gasteiger partial charge in [-0.3, -0.25) is 4.79 Å². The molecule has 1 saturated heterocycles. The second-order valence-electron chi connectivity index (χ2n) is 5.55. The van der Waals surface area contributed by atoms with Gasteiger partial charge >= 0.3 is 0 Å². The van der Waals surface area contributed by atoms with Crippen molar-refractivity contribution >= 4 is 12.2 Å². The molecular formula is C16H21NO3. The van der Waals surface area contributed by atoms with E-state index in [0.29, 0.717) is 13.0 Å². The Morgan fingerprint density at radius 1 is 1.40 bits per heavy atom. The molecular weight excluding hydrogens is 254 g/mol. The van der Waals surface area contributed by atoms with Gasteiger partial charge in [-0.05, 0) is 37.0 Å². The minimum atomic E-state index is -0.446. The monoisotopic (exact) mass is 275 g/mol. The lowest BCUT2D eigenvalue weighted by molar-refractivity contribution is -0.134. The van der Waals surface area contributed by atoms with Crippen LogP contribution in [-0.4, -0.2) is 37.3 Å². The molecule has 0 aliphatic carbocycles. The predicted molar refractivity (Wildman–Crippen MR) is 76.7 cm³/mol. The predicted octanol–water partition coefficient (Wildman–Crippen LogP) is 2.07. The topological polar surface area (TPSA) is 46.6 Å². The smallest absolute Gasteiger partial charge is 0.219 e. The van der Waals surface area contributed by atoms with E-state index < -0.39 is 5.41 Å². The summed E-state index contributed by atoms with van der Waals surface area (Å²) in [5, 5.41) is 0. The van der Waals surface area contributed by atoms with Crippen molar-refractivity contribution in [3.8, 4) is 5.75 Å². The molecule has 0 radical (unpaired) electrons. The van der Waals surface area contributed by atoms with Crippen LogP contribution in [0, 0.1) is 5.41 Å². The van der Waals surface area contributed by atoms with Gasteiger partial charge in [-0.1, -0.05) is 12.1 Å². The number of methoxy groups -OCH3 is 1. The Morgan fingerprint density at radius 2 is 2.10 bits per heavy atom. The number of hydrogen-bond donors (Lipinski definition) is 0. The first-order valence-electron chi connectivity index (χ1n) is 6.93. The van der Waals surface area contributed by atoms with Crippen LogP contribution >= 0.6 is 0 Å². The maximum absolute atomic E-state index is 11.6. The fourth-order valence-electron chi connectivity index (χ4n) is 2.86. The highest BCUT2D eigenvalue weighted by Gasteiger charge is 2.36. The molecule has 1 aromatic carbocycles. The van der Waals surface area contributed by atoms with E-state index >= 15 is 0 Å². The number of nitrogens with zero attached hydrogens (tertiary/aromatic N) is 1. The van der Waals surface area contributed by atoms with E-state index in [1.165, 1.54) is 0 Å². The summed E-state index contributed by atoms with van der Waals surface area (Å²) in [6.07, 6.45) is 3.43. The Labute approximate surface area is 119 Å². The molecule has 0 aromatic heterocycles. The van der Waals surface area contributed by atoms with Crippen LogP contribution in [0.4, 0.5) is 0 Å². The fourth-order valence-corrected chi connectivity index (χ4v) is 2.86. The number of carbonyl (C=O) groups is 2. The number of aldehydes is 1. The Balaban J connectivity index is 2.13. The van der Waals surface area contributed by atoms with E-state index in [0.717, 1.165) is 37.0 Å². The van der Waals surface area contributed by atoms with E-state index in [2.05, 4.69) is 0 Å². The van der Waals surface area contributed by atoms with Crippen LogP contribution in [0.3, 0.4) is 0 Å². The molecule has 1 aromatic rings. The van der Waals surface area contributed by atoms with E-state index in [1.54, 1.807) is 18.9 Å². The Kier molecular flexibility index (Phi) is 4.42. The lowest BCUT2D eigenvalue weighted by Crippen LogP contribution is -2.47. The van der Waals surface area contributed by atoms with Crippen molar-refractivity contribution in [3.05, 3.63) is 29.8 Å². The van der Waals surface area contributed by atoms with Crippen molar-refractivity contribution in [2.75, 3.05) is 20.2 Å². The molecule has 0 N–H and O–H groups in total. The highest BCUT2D eigenvalue weighted by atomic mass is 16.5. The van der Waals surface area contributed by atoms with Gasteiger partial charge in [0.25, 0.3) is 0 Å². The maximum Gasteiger partial charge on any atom is 0.219 e. The number of hydrogen-bond acceptors (Lipinski definition) is 3. The van der Waals surface area contributed by atoms with Crippen molar-refractivity contribution in [2.45, 2.75) is 26.2 Å². The molecule has 1 unspecified atom stereocenters. The molecule has 0 saturated carbocycles. The van der Waals surface area contributed by atoms with Crippen LogP contribution in [0.2, 0.25) is 0 Å². The van der Waals surface area contributed by atoms with E-state index in [4.69, 9.17) is 4.74 Å². The summed E-state index contributed by atoms with van der Waals surface area (Å²) in [5.41, 5.74) is 0.654. The van der Waals surface area contributed by atoms with E-state index in [9.17, 15) is 9.59 Å². The SMILES string of the molecule is COc1ccc(CC2(C=O)CCCN(C(C)=O)C2)cc1. The molecule has 1 aliphatic rings. The second-order valence-corrected chi connectivity index (χ2v) is 5.55. The number of rotatable bonds is 4. The summed E-state index contributed by atoms with van der Waals surface area (Å²) < 4.78 is 5.14. The summed E-state index contributed by atoms with van der Waals surface area (Å²) in [7, 11) is 1.63. The van der Waals surface area contributed by atoms with Crippen LogP contribution in [-0.2, 0) is 16.0 Å². The molecule has 4 nitrogen and oxygen atoms in total. The third kappa shape index (κ3) is 3.18. The second kappa shape index (κ2) is 6.07. The highest BCUT2D eigenvalue weighted by Crippen LogP contribution is 2.32. The lowest BCUT2D eigenvalue weighted by atomic mass is 9.76. The number of amides is 1. The van der Waals surface area contributed by atoms with Gasteiger partial charge in [0.05, 0.1) is 7.11 Å². The standard InChI is InChI=1S/C16H21NO3/c1-13(19)17-9-3-8-16(11-17,12-18)10-14-4-6-15(20-2)7-5-14/h4-7,12H,3,8-11H2,1-2H3. The van der Waals surface area contributed by atoms with Crippen molar-refractivity contribution < 1.29 is 14.3 Å². The Bertz CT molecular complexity index is 483. The van der Waals surface area contributed by atoms with Gasteiger partial charge in [0.1, 0.15) is 12.0 Å². The number of piperidine rings is 1. The average molecular weight is 275 g/mol. The average Bonchev–Trinajstić information content (AvgIpc) is 2.48. The van der Waals surface area contributed by atoms with Crippen molar-refractivity contribution in [3.63, 3.8) is 0 Å². The van der Waals surface area contributed by atoms with Gasteiger partial charge in [0.2, 0.25) is 5.91 Å². The molecule has 1 fully saturated rings. The Hall–Kier alpha value is -1.84. The number of benzene rings is 1. The van der Waals surface area contributed by atoms with Crippen molar-refractivity contribution in [1.82, 2.24) is 4.90 Å². The van der Waals surface area contributed by atoms with E-state index in [1.807, 2.05) is 24.3 Å². The molecule has 0 spiro atoms. The molecule has 4 heteroatoms. The summed E-state index contributed by atoms with van der Waals surface area (Å²) >= 11 is 0. The van der Waals surface area contributed by atoms with Gasteiger partial charge < -0.3 is 14.4 Å². The summed E-state index contributed by atoms with van der Waals surface area (Å²) in [6.45, 7) is 2.85. The minimum Gasteiger partial charge on any atom is -0.497 e. The van der Waals surface area contributed by atoms with Crippen LogP contribution in [0.25, 0.3) is 0 Å². The van der Waals surface area contributed by atoms with Crippen LogP contribution in [0.1, 0.15) is 25.3 Å². The van der Waals surface area contributed by atoms with Crippen molar-refractivity contribution in [2.24, 2.45) is 5.41 Å². The lowest BCUT2D eigenvalue weighted by Gasteiger charge is -2.39. The van der Waals surface area contributed by atoms with Gasteiger partial charge in [0.15, 0.2) is 0 Å². The largest absolute Gasteiger partial charge is 0.497 e. The van der Waals surface area contributed by atoms with Gasteiger partial charge in [0, 0.05) is 25.4 Å². The first-order chi connectivity index (χ1) is 9.58.